The van der Waals surface area contributed by atoms with Crippen LogP contribution in [-0.2, 0) is 56.0 Å². The van der Waals surface area contributed by atoms with Gasteiger partial charge in [-0.3, -0.25) is 48.2 Å². The molecule has 6 N–H and O–H groups in total. The number of fused-ring (bicyclic) bond motifs is 1. The predicted octanol–water partition coefficient (Wildman–Crippen LogP) is 1.72. The van der Waals surface area contributed by atoms with E-state index in [-0.39, 0.29) is 31.7 Å². The molecule has 0 bridgehead atoms. The smallest absolute Gasteiger partial charge is 0.262 e. The van der Waals surface area contributed by atoms with Crippen LogP contribution >= 0.6 is 0 Å². The topological polar surface area (TPSA) is 253 Å². The Kier molecular flexibility index (Phi) is 24.9. The Morgan fingerprint density at radius 2 is 1.20 bits per heavy atom. The highest BCUT2D eigenvalue weighted by Crippen LogP contribution is 2.23. The molecule has 0 aliphatic carbocycles. The van der Waals surface area contributed by atoms with Gasteiger partial charge in [0.15, 0.2) is 0 Å². The van der Waals surface area contributed by atoms with E-state index < -0.39 is 132 Å². The van der Waals surface area contributed by atoms with Gasteiger partial charge in [0.25, 0.3) is 5.91 Å². The molecule has 2 aromatic carbocycles. The third-order valence-corrected chi connectivity index (χ3v) is 15.8. The van der Waals surface area contributed by atoms with Gasteiger partial charge in [-0.1, -0.05) is 109 Å². The molecule has 2 fully saturated rings. The van der Waals surface area contributed by atoms with E-state index in [4.69, 9.17) is 0 Å². The van der Waals surface area contributed by atoms with Crippen LogP contribution in [-0.4, -0.2) is 203 Å². The van der Waals surface area contributed by atoms with Crippen molar-refractivity contribution in [2.24, 2.45) is 17.8 Å². The molecule has 11 atom stereocenters. The van der Waals surface area contributed by atoms with Crippen LogP contribution in [0.4, 0.5) is 0 Å². The molecule has 438 valence electrons. The molecule has 0 aromatic heterocycles. The van der Waals surface area contributed by atoms with Crippen LogP contribution in [0.15, 0.2) is 60.7 Å². The lowest BCUT2D eigenvalue weighted by atomic mass is 9.95. The second-order valence-electron chi connectivity index (χ2n) is 22.4. The number of nitrogens with zero attached hydrogens (tertiary/aromatic N) is 6. The predicted molar refractivity (Wildman–Crippen MR) is 301 cm³/mol. The zero-order chi connectivity index (χ0) is 59.0. The monoisotopic (exact) mass is 1100 g/mol. The Morgan fingerprint density at radius 1 is 0.620 bits per heavy atom. The number of aliphatic hydroxyl groups excluding tert-OH is 1. The van der Waals surface area contributed by atoms with Crippen molar-refractivity contribution in [2.45, 2.75) is 168 Å². The van der Waals surface area contributed by atoms with Gasteiger partial charge < -0.3 is 50.9 Å². The molecule has 9 amide bonds. The summed E-state index contributed by atoms with van der Waals surface area (Å²) in [4.78, 5) is 136. The fraction of sp³-hybridized carbons (Fsp3) is 0.638. The summed E-state index contributed by atoms with van der Waals surface area (Å²) in [5.74, 6) is -5.96. The number of hydrogen-bond acceptors (Lipinski definition) is 12. The Bertz CT molecular complexity index is 2390. The van der Waals surface area contributed by atoms with E-state index in [1.807, 2.05) is 76.2 Å². The summed E-state index contributed by atoms with van der Waals surface area (Å²) in [6.45, 7) is 15.4. The number of amides is 9. The Labute approximate surface area is 468 Å². The summed E-state index contributed by atoms with van der Waals surface area (Å²) in [7, 11) is 7.46. The number of benzene rings is 2. The number of carbonyl (C=O) groups is 9. The molecule has 2 heterocycles. The second-order valence-corrected chi connectivity index (χ2v) is 22.4. The van der Waals surface area contributed by atoms with Gasteiger partial charge in [-0.2, -0.15) is 0 Å². The van der Waals surface area contributed by atoms with Crippen LogP contribution in [0.25, 0.3) is 0 Å². The first-order valence-electron chi connectivity index (χ1n) is 28.0. The quantitative estimate of drug-likeness (QED) is 0.199. The van der Waals surface area contributed by atoms with Crippen molar-refractivity contribution in [3.63, 3.8) is 0 Å². The first-order valence-corrected chi connectivity index (χ1v) is 28.0. The van der Waals surface area contributed by atoms with Gasteiger partial charge >= 0.3 is 0 Å². The minimum absolute atomic E-state index is 0.0317. The molecule has 0 radical (unpaired) electrons. The number of nitrogens with one attached hydrogen (secondary N) is 5. The molecule has 2 aliphatic heterocycles. The van der Waals surface area contributed by atoms with Gasteiger partial charge in [0.05, 0.1) is 18.7 Å². The average Bonchev–Trinajstić information content (AvgIpc) is 3.44. The summed E-state index contributed by atoms with van der Waals surface area (Å²) >= 11 is 0. The Hall–Kier alpha value is -6.45. The zero-order valence-corrected chi connectivity index (χ0v) is 49.2. The van der Waals surface area contributed by atoms with Crippen LogP contribution in [0.2, 0.25) is 0 Å². The molecular weight excluding hydrogens is 1010 g/mol. The average molecular weight is 1100 g/mol. The van der Waals surface area contributed by atoms with Gasteiger partial charge in [-0.25, -0.2) is 5.43 Å². The van der Waals surface area contributed by atoms with Crippen LogP contribution in [0.5, 0.6) is 0 Å². The minimum atomic E-state index is -1.46. The molecule has 79 heavy (non-hydrogen) atoms. The first kappa shape index (κ1) is 65.1. The number of aliphatic hydroxyl groups is 1. The number of likely N-dealkylation sites (N-methyl/N-ethyl adjacent to an activating group) is 5. The van der Waals surface area contributed by atoms with E-state index >= 15 is 0 Å². The van der Waals surface area contributed by atoms with Crippen molar-refractivity contribution >= 4 is 53.2 Å². The van der Waals surface area contributed by atoms with E-state index in [1.54, 1.807) is 51.8 Å². The lowest BCUT2D eigenvalue weighted by Gasteiger charge is -2.42. The summed E-state index contributed by atoms with van der Waals surface area (Å²) in [6, 6.07) is 8.35. The fourth-order valence-corrected chi connectivity index (χ4v) is 10.4. The molecule has 11 unspecified atom stereocenters. The van der Waals surface area contributed by atoms with E-state index in [1.165, 1.54) is 54.7 Å². The van der Waals surface area contributed by atoms with Crippen LogP contribution in [0.3, 0.4) is 0 Å². The van der Waals surface area contributed by atoms with E-state index in [9.17, 15) is 48.3 Å². The van der Waals surface area contributed by atoms with Gasteiger partial charge in [0.1, 0.15) is 42.3 Å². The van der Waals surface area contributed by atoms with E-state index in [0.29, 0.717) is 37.8 Å². The highest BCUT2D eigenvalue weighted by atomic mass is 16.3. The highest BCUT2D eigenvalue weighted by molar-refractivity contribution is 5.97. The van der Waals surface area contributed by atoms with Crippen molar-refractivity contribution in [2.75, 3.05) is 54.9 Å². The first-order chi connectivity index (χ1) is 37.3. The normalized spacial score (nSPS) is 27.6. The maximum Gasteiger partial charge on any atom is 0.262 e. The van der Waals surface area contributed by atoms with Crippen LogP contribution < -0.4 is 26.7 Å². The van der Waals surface area contributed by atoms with Crippen molar-refractivity contribution in [3.05, 3.63) is 71.8 Å². The molecule has 21 heteroatoms. The maximum atomic E-state index is 15.0. The number of carbonyl (C=O) groups excluding carboxylic acids is 9. The molecule has 0 spiro atoms. The third-order valence-electron chi connectivity index (χ3n) is 15.8. The standard InChI is InChI=1S/C58H91N11O10/c1-15-37(6)49-58(79)64(10)40(9)51(72)59-30-28-48(71)68(14)50(36(4)5)53(74)62-39(8)54(75)65(11)45(32-41-23-18-16-19-24-41)38(7)61-43(31-35(2)3)55(76)67(13)47(34-70)57(78)69-44(27-22-29-60-69)56(77)66(12)46(52(73)63-49)33-42-25-20-17-21-26-42/h16-21,23-26,35-40,43-47,49-50,60-61,70H,15,22,27-34H2,1-14H3,(H,59,72)(H,62,74)(H,63,73). The molecule has 21 nitrogen and oxygen atoms in total. The number of rotatable bonds is 10. The molecular formula is C58H91N11O10. The SMILES string of the molecule is CCC(C)C1NC(=O)C(Cc2ccccc2)N(C)C(=O)C2CCCNN2C(=O)C(CO)N(C)C(=O)C(CC(C)C)NC(C)C(Cc2ccccc2)N(C)C(=O)C(C)NC(=O)C(C(C)C)N(C)C(=O)CCNC(=O)C(C)N(C)C1=O. The largest absolute Gasteiger partial charge is 0.394 e. The molecule has 2 aliphatic rings. The molecule has 2 saturated heterocycles. The highest BCUT2D eigenvalue weighted by Gasteiger charge is 2.44. The molecule has 2 aromatic rings. The third kappa shape index (κ3) is 17.0. The summed E-state index contributed by atoms with van der Waals surface area (Å²) in [5.41, 5.74) is 4.66. The van der Waals surface area contributed by atoms with E-state index in [2.05, 4.69) is 26.7 Å². The van der Waals surface area contributed by atoms with Crippen LogP contribution in [0.1, 0.15) is 106 Å². The lowest BCUT2D eigenvalue weighted by molar-refractivity contribution is -0.159. The second kappa shape index (κ2) is 30.2. The van der Waals surface area contributed by atoms with Crippen molar-refractivity contribution in [3.8, 4) is 0 Å². The van der Waals surface area contributed by atoms with Gasteiger partial charge in [-0.15, -0.1) is 0 Å². The van der Waals surface area contributed by atoms with Crippen molar-refractivity contribution in [1.29, 1.82) is 0 Å². The van der Waals surface area contributed by atoms with Crippen molar-refractivity contribution in [1.82, 2.24) is 56.2 Å². The summed E-state index contributed by atoms with van der Waals surface area (Å²) in [5, 5.41) is 24.1. The zero-order valence-electron chi connectivity index (χ0n) is 49.2. The molecule has 0 saturated carbocycles. The number of hydrogen-bond donors (Lipinski definition) is 6. The van der Waals surface area contributed by atoms with E-state index in [0.717, 1.165) is 10.6 Å². The van der Waals surface area contributed by atoms with Gasteiger partial charge in [0.2, 0.25) is 47.3 Å². The summed E-state index contributed by atoms with van der Waals surface area (Å²) in [6.07, 6.45) is 1.60. The number of hydrazine groups is 1. The fourth-order valence-electron chi connectivity index (χ4n) is 10.4. The van der Waals surface area contributed by atoms with Gasteiger partial charge in [-0.05, 0) is 75.3 Å². The summed E-state index contributed by atoms with van der Waals surface area (Å²) < 4.78 is 0. The Balaban J connectivity index is 1.83. The molecule has 4 rings (SSSR count). The maximum absolute atomic E-state index is 15.0. The van der Waals surface area contributed by atoms with Gasteiger partial charge in [0, 0.05) is 67.2 Å². The lowest BCUT2D eigenvalue weighted by Crippen LogP contribution is -2.66. The van der Waals surface area contributed by atoms with Crippen molar-refractivity contribution < 1.29 is 48.3 Å². The Morgan fingerprint density at radius 3 is 1.76 bits per heavy atom. The minimum Gasteiger partial charge on any atom is -0.394 e. The van der Waals surface area contributed by atoms with Crippen LogP contribution in [0, 0.1) is 17.8 Å².